The van der Waals surface area contributed by atoms with Crippen molar-refractivity contribution in [3.05, 3.63) is 0 Å². The smallest absolute Gasteiger partial charge is 0.306 e. The van der Waals surface area contributed by atoms with Crippen LogP contribution < -0.4 is 0 Å². The van der Waals surface area contributed by atoms with Gasteiger partial charge in [0.25, 0.3) is 0 Å². The van der Waals surface area contributed by atoms with Gasteiger partial charge >= 0.3 is 17.9 Å². The summed E-state index contributed by atoms with van der Waals surface area (Å²) in [4.78, 5) is 37.6. The van der Waals surface area contributed by atoms with E-state index >= 15 is 0 Å². The number of hydrogen-bond acceptors (Lipinski definition) is 6. The van der Waals surface area contributed by atoms with Gasteiger partial charge in [-0.3, -0.25) is 14.4 Å². The molecular formula is C50H96O6. The fourth-order valence-electron chi connectivity index (χ4n) is 7.51. The fourth-order valence-corrected chi connectivity index (χ4v) is 7.51. The Morgan fingerprint density at radius 2 is 0.589 bits per heavy atom. The monoisotopic (exact) mass is 793 g/mol. The average molecular weight is 793 g/mol. The summed E-state index contributed by atoms with van der Waals surface area (Å²) < 4.78 is 16.7. The number of carbonyl (C=O) groups excluding carboxylic acids is 3. The van der Waals surface area contributed by atoms with E-state index in [1.807, 2.05) is 0 Å². The van der Waals surface area contributed by atoms with Crippen molar-refractivity contribution in [3.63, 3.8) is 0 Å². The Morgan fingerprint density at radius 1 is 0.339 bits per heavy atom. The molecule has 56 heavy (non-hydrogen) atoms. The van der Waals surface area contributed by atoms with Crippen molar-refractivity contribution in [3.8, 4) is 0 Å². The average Bonchev–Trinajstić information content (AvgIpc) is 3.18. The van der Waals surface area contributed by atoms with Gasteiger partial charge in [0.2, 0.25) is 0 Å². The van der Waals surface area contributed by atoms with E-state index in [9.17, 15) is 14.4 Å². The Morgan fingerprint density at radius 3 is 0.875 bits per heavy atom. The second-order valence-electron chi connectivity index (χ2n) is 17.6. The van der Waals surface area contributed by atoms with Crippen molar-refractivity contribution in [1.82, 2.24) is 0 Å². The summed E-state index contributed by atoms with van der Waals surface area (Å²) in [5.41, 5.74) is 0. The van der Waals surface area contributed by atoms with E-state index in [2.05, 4.69) is 27.7 Å². The molecule has 0 unspecified atom stereocenters. The van der Waals surface area contributed by atoms with Crippen LogP contribution in [0.5, 0.6) is 0 Å². The number of ether oxygens (including phenoxy) is 3. The standard InChI is InChI=1S/C50H96O6/c1-5-7-9-11-12-13-14-15-17-21-24-27-30-34-38-42-49(52)55-45-47(44-54-48(51)41-37-32-10-8-6-2)56-50(53)43-39-35-31-28-25-22-19-16-18-20-23-26-29-33-36-40-46(3)4/h46-47H,5-45H2,1-4H3/t47-/m1/s1. The largest absolute Gasteiger partial charge is 0.462 e. The molecule has 0 bridgehead atoms. The first kappa shape index (κ1) is 54.4. The molecule has 0 aliphatic carbocycles. The topological polar surface area (TPSA) is 78.9 Å². The normalized spacial score (nSPS) is 11.9. The van der Waals surface area contributed by atoms with Crippen LogP contribution in [0.1, 0.15) is 278 Å². The molecule has 0 amide bonds. The number of unbranched alkanes of at least 4 members (excludes halogenated alkanes) is 32. The molecule has 0 radical (unpaired) electrons. The lowest BCUT2D eigenvalue weighted by Gasteiger charge is -2.18. The summed E-state index contributed by atoms with van der Waals surface area (Å²) in [6, 6.07) is 0. The van der Waals surface area contributed by atoms with Crippen LogP contribution in [-0.4, -0.2) is 37.2 Å². The summed E-state index contributed by atoms with van der Waals surface area (Å²) in [5.74, 6) is -0.0133. The summed E-state index contributed by atoms with van der Waals surface area (Å²) in [5, 5.41) is 0. The zero-order valence-electron chi connectivity index (χ0n) is 38.1. The van der Waals surface area contributed by atoms with Crippen LogP contribution in [-0.2, 0) is 28.6 Å². The van der Waals surface area contributed by atoms with Crippen LogP contribution in [0, 0.1) is 5.92 Å². The lowest BCUT2D eigenvalue weighted by Crippen LogP contribution is -2.30. The molecule has 332 valence electrons. The molecule has 0 saturated carbocycles. The molecule has 0 aromatic rings. The van der Waals surface area contributed by atoms with Gasteiger partial charge < -0.3 is 14.2 Å². The molecule has 0 rings (SSSR count). The van der Waals surface area contributed by atoms with Crippen molar-refractivity contribution in [2.45, 2.75) is 284 Å². The highest BCUT2D eigenvalue weighted by Gasteiger charge is 2.19. The van der Waals surface area contributed by atoms with Gasteiger partial charge in [-0.25, -0.2) is 0 Å². The van der Waals surface area contributed by atoms with Gasteiger partial charge in [0.15, 0.2) is 6.10 Å². The molecular weight excluding hydrogens is 697 g/mol. The molecule has 0 aliphatic heterocycles. The zero-order valence-corrected chi connectivity index (χ0v) is 38.1. The summed E-state index contributed by atoms with van der Waals surface area (Å²) >= 11 is 0. The van der Waals surface area contributed by atoms with Crippen LogP contribution in [0.15, 0.2) is 0 Å². The Labute approximate surface area is 348 Å². The third-order valence-electron chi connectivity index (χ3n) is 11.3. The van der Waals surface area contributed by atoms with Gasteiger partial charge in [-0.05, 0) is 25.2 Å². The third kappa shape index (κ3) is 43.5. The molecule has 6 nitrogen and oxygen atoms in total. The Bertz CT molecular complexity index is 841. The van der Waals surface area contributed by atoms with Crippen LogP contribution in [0.2, 0.25) is 0 Å². The van der Waals surface area contributed by atoms with Crippen LogP contribution in [0.3, 0.4) is 0 Å². The molecule has 0 aromatic heterocycles. The number of carbonyl (C=O) groups is 3. The Kier molecular flexibility index (Phi) is 43.2. The Hall–Kier alpha value is -1.59. The van der Waals surface area contributed by atoms with Crippen LogP contribution in [0.4, 0.5) is 0 Å². The lowest BCUT2D eigenvalue weighted by atomic mass is 10.0. The van der Waals surface area contributed by atoms with Crippen molar-refractivity contribution >= 4 is 17.9 Å². The predicted octanol–water partition coefficient (Wildman–Crippen LogP) is 15.9. The highest BCUT2D eigenvalue weighted by Crippen LogP contribution is 2.17. The molecule has 0 aromatic carbocycles. The molecule has 0 saturated heterocycles. The molecule has 1 atom stereocenters. The minimum Gasteiger partial charge on any atom is -0.462 e. The van der Waals surface area contributed by atoms with E-state index in [0.717, 1.165) is 70.1 Å². The summed E-state index contributed by atoms with van der Waals surface area (Å²) in [6.45, 7) is 8.95. The van der Waals surface area contributed by atoms with Gasteiger partial charge in [0, 0.05) is 19.3 Å². The molecule has 0 aliphatic rings. The highest BCUT2D eigenvalue weighted by atomic mass is 16.6. The summed E-state index contributed by atoms with van der Waals surface area (Å²) in [7, 11) is 0. The van der Waals surface area contributed by atoms with E-state index in [1.165, 1.54) is 167 Å². The second-order valence-corrected chi connectivity index (χ2v) is 17.6. The van der Waals surface area contributed by atoms with Gasteiger partial charge in [0.05, 0.1) is 0 Å². The van der Waals surface area contributed by atoms with Gasteiger partial charge in [-0.15, -0.1) is 0 Å². The molecule has 0 fully saturated rings. The third-order valence-corrected chi connectivity index (χ3v) is 11.3. The van der Waals surface area contributed by atoms with E-state index in [1.54, 1.807) is 0 Å². The van der Waals surface area contributed by atoms with Crippen molar-refractivity contribution in [2.24, 2.45) is 5.92 Å². The minimum atomic E-state index is -0.758. The summed E-state index contributed by atoms with van der Waals surface area (Å²) in [6.07, 6.45) is 45.5. The lowest BCUT2D eigenvalue weighted by molar-refractivity contribution is -0.167. The van der Waals surface area contributed by atoms with Crippen LogP contribution in [0.25, 0.3) is 0 Å². The van der Waals surface area contributed by atoms with E-state index in [4.69, 9.17) is 14.2 Å². The van der Waals surface area contributed by atoms with E-state index in [0.29, 0.717) is 19.3 Å². The maximum Gasteiger partial charge on any atom is 0.306 e. The molecule has 6 heteroatoms. The minimum absolute atomic E-state index is 0.0640. The predicted molar refractivity (Wildman–Crippen MR) is 238 cm³/mol. The molecule has 0 spiro atoms. The number of esters is 3. The number of hydrogen-bond donors (Lipinski definition) is 0. The maximum absolute atomic E-state index is 12.7. The van der Waals surface area contributed by atoms with Crippen molar-refractivity contribution in [2.75, 3.05) is 13.2 Å². The van der Waals surface area contributed by atoms with Gasteiger partial charge in [-0.1, -0.05) is 240 Å². The first-order valence-electron chi connectivity index (χ1n) is 24.9. The van der Waals surface area contributed by atoms with Crippen LogP contribution >= 0.6 is 0 Å². The quantitative estimate of drug-likeness (QED) is 0.0347. The zero-order chi connectivity index (χ0) is 41.0. The number of rotatable bonds is 45. The first-order chi connectivity index (χ1) is 27.4. The first-order valence-corrected chi connectivity index (χ1v) is 24.9. The second kappa shape index (κ2) is 44.5. The van der Waals surface area contributed by atoms with Crippen molar-refractivity contribution < 1.29 is 28.6 Å². The Balaban J connectivity index is 4.12. The molecule has 0 heterocycles. The van der Waals surface area contributed by atoms with Crippen molar-refractivity contribution in [1.29, 1.82) is 0 Å². The highest BCUT2D eigenvalue weighted by molar-refractivity contribution is 5.71. The SMILES string of the molecule is CCCCCCCCCCCCCCCCCC(=O)OC[C@@H](COC(=O)CCCCCCC)OC(=O)CCCCCCCCCCCCCCCCCC(C)C. The molecule has 0 N–H and O–H groups in total. The van der Waals surface area contributed by atoms with Gasteiger partial charge in [0.1, 0.15) is 13.2 Å². The van der Waals surface area contributed by atoms with E-state index < -0.39 is 6.10 Å². The van der Waals surface area contributed by atoms with E-state index in [-0.39, 0.29) is 31.1 Å². The van der Waals surface area contributed by atoms with Gasteiger partial charge in [-0.2, -0.15) is 0 Å². The maximum atomic E-state index is 12.7. The fraction of sp³-hybridized carbons (Fsp3) is 0.940.